The van der Waals surface area contributed by atoms with Gasteiger partial charge in [-0.15, -0.1) is 18.3 Å². The van der Waals surface area contributed by atoms with Crippen molar-refractivity contribution in [3.05, 3.63) is 82.7 Å². The van der Waals surface area contributed by atoms with Gasteiger partial charge in [-0.25, -0.2) is 9.67 Å². The fourth-order valence-corrected chi connectivity index (χ4v) is 3.71. The Morgan fingerprint density at radius 2 is 1.88 bits per heavy atom. The number of hydrogen-bond donors (Lipinski definition) is 0. The molecule has 1 aliphatic rings. The number of benzene rings is 2. The Kier molecular flexibility index (Phi) is 4.51. The van der Waals surface area contributed by atoms with Crippen LogP contribution in [0, 0.1) is 25.7 Å². The molecule has 0 radical (unpaired) electrons. The molecule has 0 amide bonds. The van der Waals surface area contributed by atoms with Gasteiger partial charge in [0.2, 0.25) is 0 Å². The van der Waals surface area contributed by atoms with Crippen molar-refractivity contribution < 1.29 is 17.9 Å². The first-order valence-corrected chi connectivity index (χ1v) is 9.74. The van der Waals surface area contributed by atoms with E-state index >= 15 is 0 Å². The van der Waals surface area contributed by atoms with E-state index in [4.69, 9.17) is 0 Å². The average Bonchev–Trinajstić information content (AvgIpc) is 3.31. The predicted octanol–water partition coefficient (Wildman–Crippen LogP) is 4.27. The third-order valence-electron chi connectivity index (χ3n) is 5.20. The lowest BCUT2D eigenvalue weighted by molar-refractivity contribution is -0.274. The number of nitrogens with zero attached hydrogens (tertiary/aromatic N) is 5. The van der Waals surface area contributed by atoms with Gasteiger partial charge >= 0.3 is 6.36 Å². The summed E-state index contributed by atoms with van der Waals surface area (Å²) >= 11 is 0. The molecule has 0 saturated carbocycles. The van der Waals surface area contributed by atoms with Gasteiger partial charge in [0.1, 0.15) is 17.8 Å². The number of hydrogen-bond acceptors (Lipinski definition) is 4. The highest BCUT2D eigenvalue weighted by atomic mass is 19.4. The summed E-state index contributed by atoms with van der Waals surface area (Å²) in [5.41, 5.74) is 6.47. The van der Waals surface area contributed by atoms with Crippen LogP contribution < -0.4 is 4.74 Å². The lowest BCUT2D eigenvalue weighted by atomic mass is 10.1. The molecule has 9 heteroatoms. The first-order chi connectivity index (χ1) is 15.3. The number of imidazole rings is 1. The van der Waals surface area contributed by atoms with Crippen molar-refractivity contribution >= 4 is 0 Å². The lowest BCUT2D eigenvalue weighted by Crippen LogP contribution is -2.17. The van der Waals surface area contributed by atoms with E-state index < -0.39 is 6.36 Å². The Morgan fingerprint density at radius 1 is 1.03 bits per heavy atom. The molecule has 4 aromatic rings. The van der Waals surface area contributed by atoms with E-state index in [1.807, 2.05) is 34.4 Å². The zero-order valence-corrected chi connectivity index (χ0v) is 17.1. The van der Waals surface area contributed by atoms with Gasteiger partial charge in [-0.3, -0.25) is 4.57 Å². The average molecular weight is 435 g/mol. The number of aromatic nitrogens is 5. The number of rotatable bonds is 1. The first-order valence-electron chi connectivity index (χ1n) is 9.74. The molecular formula is C23H16F3N5O. The molecule has 1 aliphatic heterocycles. The van der Waals surface area contributed by atoms with E-state index in [-0.39, 0.29) is 5.75 Å². The van der Waals surface area contributed by atoms with E-state index in [1.165, 1.54) is 18.2 Å². The second kappa shape index (κ2) is 7.27. The maximum Gasteiger partial charge on any atom is 0.573 e. The SMILES string of the molecule is Cc1ccc2c(c1)-n1nncc1Cc1c(C#Cc3ccc(OC(F)(F)F)cc3C)ncn1-2. The van der Waals surface area contributed by atoms with Crippen LogP contribution in [0.3, 0.4) is 0 Å². The van der Waals surface area contributed by atoms with E-state index in [2.05, 4.69) is 31.9 Å². The molecule has 2 aromatic heterocycles. The third kappa shape index (κ3) is 3.60. The van der Waals surface area contributed by atoms with Crippen LogP contribution in [0.2, 0.25) is 0 Å². The zero-order valence-electron chi connectivity index (χ0n) is 17.1. The highest BCUT2D eigenvalue weighted by Gasteiger charge is 2.31. The summed E-state index contributed by atoms with van der Waals surface area (Å²) < 4.78 is 45.1. The van der Waals surface area contributed by atoms with Crippen LogP contribution in [-0.4, -0.2) is 30.9 Å². The molecule has 0 saturated heterocycles. The Bertz CT molecular complexity index is 1410. The molecule has 160 valence electrons. The normalized spacial score (nSPS) is 12.2. The van der Waals surface area contributed by atoms with Crippen molar-refractivity contribution in [1.29, 1.82) is 0 Å². The second-order valence-electron chi connectivity index (χ2n) is 7.49. The predicted molar refractivity (Wildman–Crippen MR) is 110 cm³/mol. The number of halogens is 3. The van der Waals surface area contributed by atoms with Gasteiger partial charge < -0.3 is 4.74 Å². The van der Waals surface area contributed by atoms with Crippen molar-refractivity contribution in [2.45, 2.75) is 26.6 Å². The highest BCUT2D eigenvalue weighted by molar-refractivity contribution is 5.58. The maximum absolute atomic E-state index is 12.4. The fraction of sp³-hybridized carbons (Fsp3) is 0.174. The summed E-state index contributed by atoms with van der Waals surface area (Å²) in [6.45, 7) is 3.70. The van der Waals surface area contributed by atoms with E-state index in [1.54, 1.807) is 19.4 Å². The van der Waals surface area contributed by atoms with Crippen LogP contribution >= 0.6 is 0 Å². The lowest BCUT2D eigenvalue weighted by Gasteiger charge is -2.10. The summed E-state index contributed by atoms with van der Waals surface area (Å²) in [5, 5.41) is 8.29. The van der Waals surface area contributed by atoms with Crippen LogP contribution in [0.4, 0.5) is 13.2 Å². The molecule has 2 aromatic carbocycles. The van der Waals surface area contributed by atoms with Gasteiger partial charge in [-0.1, -0.05) is 17.2 Å². The fourth-order valence-electron chi connectivity index (χ4n) is 3.71. The third-order valence-corrected chi connectivity index (χ3v) is 5.20. The van der Waals surface area contributed by atoms with E-state index in [9.17, 15) is 13.2 Å². The van der Waals surface area contributed by atoms with E-state index in [0.29, 0.717) is 23.2 Å². The Morgan fingerprint density at radius 3 is 2.66 bits per heavy atom. The molecule has 0 atom stereocenters. The molecule has 32 heavy (non-hydrogen) atoms. The topological polar surface area (TPSA) is 57.8 Å². The summed E-state index contributed by atoms with van der Waals surface area (Å²) in [6.07, 6.45) is -0.762. The molecule has 5 rings (SSSR count). The molecule has 6 nitrogen and oxygen atoms in total. The number of alkyl halides is 3. The van der Waals surface area contributed by atoms with Crippen LogP contribution in [-0.2, 0) is 6.42 Å². The quantitative estimate of drug-likeness (QED) is 0.369. The van der Waals surface area contributed by atoms with Gasteiger partial charge in [-0.2, -0.15) is 0 Å². The van der Waals surface area contributed by atoms with Crippen molar-refractivity contribution in [1.82, 2.24) is 24.5 Å². The molecule has 0 aliphatic carbocycles. The van der Waals surface area contributed by atoms with Crippen molar-refractivity contribution in [2.75, 3.05) is 0 Å². The van der Waals surface area contributed by atoms with Gasteiger partial charge in [-0.05, 0) is 61.2 Å². The van der Waals surface area contributed by atoms with Crippen LogP contribution in [0.25, 0.3) is 11.4 Å². The summed E-state index contributed by atoms with van der Waals surface area (Å²) in [6, 6.07) is 10.1. The Balaban J connectivity index is 1.54. The van der Waals surface area contributed by atoms with Gasteiger partial charge in [0.25, 0.3) is 0 Å². The second-order valence-corrected chi connectivity index (χ2v) is 7.49. The minimum Gasteiger partial charge on any atom is -0.406 e. The molecule has 3 heterocycles. The van der Waals surface area contributed by atoms with Crippen LogP contribution in [0.1, 0.15) is 33.8 Å². The highest BCUT2D eigenvalue weighted by Crippen LogP contribution is 2.29. The maximum atomic E-state index is 12.4. The molecule has 0 N–H and O–H groups in total. The molecule has 0 bridgehead atoms. The van der Waals surface area contributed by atoms with Crippen LogP contribution in [0.15, 0.2) is 48.9 Å². The molecule has 0 spiro atoms. The summed E-state index contributed by atoms with van der Waals surface area (Å²) in [4.78, 5) is 4.49. The van der Waals surface area contributed by atoms with Crippen LogP contribution in [0.5, 0.6) is 5.75 Å². The minimum absolute atomic E-state index is 0.274. The van der Waals surface area contributed by atoms with Gasteiger partial charge in [0, 0.05) is 12.0 Å². The minimum atomic E-state index is -4.73. The molecule has 0 fully saturated rings. The smallest absolute Gasteiger partial charge is 0.406 e. The molecule has 0 unspecified atom stereocenters. The Hall–Kier alpha value is -4.06. The monoisotopic (exact) mass is 435 g/mol. The van der Waals surface area contributed by atoms with Crippen molar-refractivity contribution in [3.8, 4) is 29.0 Å². The van der Waals surface area contributed by atoms with Crippen molar-refractivity contribution in [2.24, 2.45) is 0 Å². The summed E-state index contributed by atoms with van der Waals surface area (Å²) in [5.74, 6) is 5.83. The Labute approximate surface area is 181 Å². The largest absolute Gasteiger partial charge is 0.573 e. The summed E-state index contributed by atoms with van der Waals surface area (Å²) in [7, 11) is 0. The standard InChI is InChI=1S/C23H16F3N5O/c1-14-3-8-20-22(9-14)31-17(12-28-29-31)11-21-19(27-13-30(20)21)7-5-16-4-6-18(10-15(16)2)32-23(24,25)26/h3-4,6,8-10,12-13H,11H2,1-2H3. The number of fused-ring (bicyclic) bond motifs is 5. The van der Waals surface area contributed by atoms with Gasteiger partial charge in [0.05, 0.1) is 29.0 Å². The number of ether oxygens (including phenoxy) is 1. The van der Waals surface area contributed by atoms with Gasteiger partial charge in [0.15, 0.2) is 0 Å². The van der Waals surface area contributed by atoms with Crippen molar-refractivity contribution in [3.63, 3.8) is 0 Å². The first kappa shape index (κ1) is 19.9. The number of aryl methyl sites for hydroxylation is 2. The zero-order chi connectivity index (χ0) is 22.5. The van der Waals surface area contributed by atoms with E-state index in [0.717, 1.165) is 28.3 Å². The molecular weight excluding hydrogens is 419 g/mol.